The summed E-state index contributed by atoms with van der Waals surface area (Å²) in [7, 11) is 0. The molecule has 0 saturated carbocycles. The first-order valence-corrected chi connectivity index (χ1v) is 9.22. The van der Waals surface area contributed by atoms with Crippen LogP contribution in [0, 0.1) is 0 Å². The lowest BCUT2D eigenvalue weighted by Gasteiger charge is -2.20. The number of nitrogens with zero attached hydrogens (tertiary/aromatic N) is 3. The number of hydrogen-bond donors (Lipinski definition) is 0. The normalized spacial score (nSPS) is 16.9. The number of halogens is 1. The summed E-state index contributed by atoms with van der Waals surface area (Å²) in [4.78, 5) is 18.9. The van der Waals surface area contributed by atoms with Crippen molar-refractivity contribution in [3.8, 4) is 11.4 Å². The summed E-state index contributed by atoms with van der Waals surface area (Å²) in [6.45, 7) is 0.682. The van der Waals surface area contributed by atoms with Crippen molar-refractivity contribution in [2.45, 2.75) is 18.9 Å². The average Bonchev–Trinajstić information content (AvgIpc) is 3.37. The third-order valence-electron chi connectivity index (χ3n) is 4.58. The summed E-state index contributed by atoms with van der Waals surface area (Å²) in [5.41, 5.74) is 1.82. The molecular weight excluding hydrogens is 362 g/mol. The maximum atomic E-state index is 12.7. The van der Waals surface area contributed by atoms with E-state index in [1.807, 2.05) is 48.5 Å². The number of likely N-dealkylation sites (tertiary alicyclic amines) is 1. The third kappa shape index (κ3) is 3.93. The molecule has 27 heavy (non-hydrogen) atoms. The molecule has 0 unspecified atom stereocenters. The zero-order chi connectivity index (χ0) is 18.6. The van der Waals surface area contributed by atoms with E-state index in [1.54, 1.807) is 23.1 Å². The highest BCUT2D eigenvalue weighted by atomic mass is 35.5. The first kappa shape index (κ1) is 17.5. The van der Waals surface area contributed by atoms with Gasteiger partial charge in [-0.1, -0.05) is 47.1 Å². The van der Waals surface area contributed by atoms with Gasteiger partial charge in [0, 0.05) is 23.2 Å². The highest BCUT2D eigenvalue weighted by Gasteiger charge is 2.33. The number of rotatable bonds is 4. The van der Waals surface area contributed by atoms with Crippen LogP contribution in [0.5, 0.6) is 0 Å². The monoisotopic (exact) mass is 379 g/mol. The molecular formula is C21H18ClN3O2. The molecule has 1 aromatic heterocycles. The minimum absolute atomic E-state index is 0.0485. The van der Waals surface area contributed by atoms with Crippen LogP contribution < -0.4 is 0 Å². The summed E-state index contributed by atoms with van der Waals surface area (Å²) in [6, 6.07) is 16.8. The number of carbonyl (C=O) groups is 1. The Bertz CT molecular complexity index is 951. The highest BCUT2D eigenvalue weighted by Crippen LogP contribution is 2.32. The lowest BCUT2D eigenvalue weighted by atomic mass is 10.2. The molecule has 1 saturated heterocycles. The molecule has 0 aliphatic carbocycles. The second-order valence-corrected chi connectivity index (χ2v) is 6.83. The molecule has 2 heterocycles. The Morgan fingerprint density at radius 1 is 1.15 bits per heavy atom. The predicted octanol–water partition coefficient (Wildman–Crippen LogP) is 4.77. The maximum Gasteiger partial charge on any atom is 0.249 e. The van der Waals surface area contributed by atoms with Gasteiger partial charge in [0.1, 0.15) is 6.04 Å². The average molecular weight is 380 g/mol. The first-order valence-electron chi connectivity index (χ1n) is 8.84. The van der Waals surface area contributed by atoms with E-state index in [1.165, 1.54) is 0 Å². The summed E-state index contributed by atoms with van der Waals surface area (Å²) < 4.78 is 5.46. The van der Waals surface area contributed by atoms with E-state index in [9.17, 15) is 4.79 Å². The fourth-order valence-corrected chi connectivity index (χ4v) is 3.33. The second-order valence-electron chi connectivity index (χ2n) is 6.40. The van der Waals surface area contributed by atoms with Gasteiger partial charge in [0.25, 0.3) is 0 Å². The van der Waals surface area contributed by atoms with Crippen LogP contribution in [-0.2, 0) is 4.79 Å². The van der Waals surface area contributed by atoms with Gasteiger partial charge in [-0.2, -0.15) is 4.98 Å². The molecule has 1 amide bonds. The molecule has 0 bridgehead atoms. The van der Waals surface area contributed by atoms with Crippen molar-refractivity contribution < 1.29 is 9.32 Å². The molecule has 0 radical (unpaired) electrons. The fourth-order valence-electron chi connectivity index (χ4n) is 3.20. The molecule has 0 N–H and O–H groups in total. The highest BCUT2D eigenvalue weighted by molar-refractivity contribution is 6.30. The molecule has 1 atom stereocenters. The Kier molecular flexibility index (Phi) is 5.03. The van der Waals surface area contributed by atoms with Crippen molar-refractivity contribution in [3.63, 3.8) is 0 Å². The van der Waals surface area contributed by atoms with Gasteiger partial charge in [0.15, 0.2) is 0 Å². The van der Waals surface area contributed by atoms with E-state index in [-0.39, 0.29) is 11.9 Å². The quantitative estimate of drug-likeness (QED) is 0.613. The van der Waals surface area contributed by atoms with Gasteiger partial charge in [-0.15, -0.1) is 0 Å². The number of amides is 1. The van der Waals surface area contributed by atoms with Crippen molar-refractivity contribution in [1.29, 1.82) is 0 Å². The van der Waals surface area contributed by atoms with Crippen LogP contribution in [0.15, 0.2) is 65.2 Å². The van der Waals surface area contributed by atoms with Gasteiger partial charge in [0.2, 0.25) is 17.6 Å². The molecule has 0 spiro atoms. The zero-order valence-corrected chi connectivity index (χ0v) is 15.3. The van der Waals surface area contributed by atoms with Crippen molar-refractivity contribution >= 4 is 23.6 Å². The van der Waals surface area contributed by atoms with Gasteiger partial charge in [-0.25, -0.2) is 0 Å². The summed E-state index contributed by atoms with van der Waals surface area (Å²) in [5, 5.41) is 4.72. The first-order chi connectivity index (χ1) is 13.2. The van der Waals surface area contributed by atoms with Crippen LogP contribution >= 0.6 is 11.6 Å². The molecule has 2 aromatic carbocycles. The predicted molar refractivity (Wildman–Crippen MR) is 104 cm³/mol. The lowest BCUT2D eigenvalue weighted by molar-refractivity contribution is -0.127. The Morgan fingerprint density at radius 2 is 1.93 bits per heavy atom. The third-order valence-corrected chi connectivity index (χ3v) is 4.84. The Labute approximate surface area is 162 Å². The van der Waals surface area contributed by atoms with Crippen molar-refractivity contribution in [1.82, 2.24) is 15.0 Å². The second kappa shape index (κ2) is 7.76. The number of aromatic nitrogens is 2. The molecule has 136 valence electrons. The van der Waals surface area contributed by atoms with Crippen LogP contribution in [0.4, 0.5) is 0 Å². The van der Waals surface area contributed by atoms with Gasteiger partial charge in [-0.05, 0) is 48.7 Å². The summed E-state index contributed by atoms with van der Waals surface area (Å²) in [6.07, 6.45) is 5.15. The Balaban J connectivity index is 1.50. The van der Waals surface area contributed by atoms with E-state index < -0.39 is 0 Å². The minimum Gasteiger partial charge on any atom is -0.337 e. The maximum absolute atomic E-state index is 12.7. The molecule has 1 aliphatic rings. The molecule has 4 rings (SSSR count). The summed E-state index contributed by atoms with van der Waals surface area (Å²) in [5.74, 6) is 0.923. The van der Waals surface area contributed by atoms with Crippen molar-refractivity contribution in [3.05, 3.63) is 77.2 Å². The van der Waals surface area contributed by atoms with E-state index in [0.717, 1.165) is 24.0 Å². The topological polar surface area (TPSA) is 59.2 Å². The van der Waals surface area contributed by atoms with E-state index in [2.05, 4.69) is 10.1 Å². The Hall–Kier alpha value is -2.92. The molecule has 5 nitrogen and oxygen atoms in total. The summed E-state index contributed by atoms with van der Waals surface area (Å²) >= 11 is 5.92. The number of benzene rings is 2. The lowest BCUT2D eigenvalue weighted by Crippen LogP contribution is -2.29. The number of carbonyl (C=O) groups excluding carboxylic acids is 1. The fraction of sp³-hybridized carbons (Fsp3) is 0.190. The molecule has 1 fully saturated rings. The van der Waals surface area contributed by atoms with Gasteiger partial charge < -0.3 is 9.42 Å². The van der Waals surface area contributed by atoms with Crippen LogP contribution in [0.2, 0.25) is 5.02 Å². The number of hydrogen-bond acceptors (Lipinski definition) is 4. The van der Waals surface area contributed by atoms with E-state index in [0.29, 0.717) is 23.3 Å². The standard InChI is InChI=1S/C21H18ClN3O2/c22-17-11-9-16(10-12-17)20-23-21(27-24-20)18-7-4-14-25(18)19(26)13-8-15-5-2-1-3-6-15/h1-3,5-6,8-13,18H,4,7,14H2/b13-8+/t18-/m0/s1. The van der Waals surface area contributed by atoms with Crippen LogP contribution in [0.25, 0.3) is 17.5 Å². The molecule has 3 aromatic rings. The van der Waals surface area contributed by atoms with Gasteiger partial charge in [0.05, 0.1) is 0 Å². The van der Waals surface area contributed by atoms with Gasteiger partial charge >= 0.3 is 0 Å². The zero-order valence-electron chi connectivity index (χ0n) is 14.6. The van der Waals surface area contributed by atoms with E-state index >= 15 is 0 Å². The SMILES string of the molecule is O=C(/C=C/c1ccccc1)N1CCC[C@H]1c1nc(-c2ccc(Cl)cc2)no1. The van der Waals surface area contributed by atoms with E-state index in [4.69, 9.17) is 16.1 Å². The van der Waals surface area contributed by atoms with Crippen molar-refractivity contribution in [2.75, 3.05) is 6.54 Å². The Morgan fingerprint density at radius 3 is 2.70 bits per heavy atom. The smallest absolute Gasteiger partial charge is 0.249 e. The van der Waals surface area contributed by atoms with Crippen LogP contribution in [0.1, 0.15) is 30.3 Å². The largest absolute Gasteiger partial charge is 0.337 e. The molecule has 6 heteroatoms. The minimum atomic E-state index is -0.188. The van der Waals surface area contributed by atoms with Crippen molar-refractivity contribution in [2.24, 2.45) is 0 Å². The van der Waals surface area contributed by atoms with Gasteiger partial charge in [-0.3, -0.25) is 4.79 Å². The van der Waals surface area contributed by atoms with Crippen LogP contribution in [0.3, 0.4) is 0 Å². The molecule has 1 aliphatic heterocycles. The van der Waals surface area contributed by atoms with Crippen LogP contribution in [-0.4, -0.2) is 27.5 Å².